The largest absolute Gasteiger partial charge is 0.388 e. The van der Waals surface area contributed by atoms with Gasteiger partial charge in [0.1, 0.15) is 18.3 Å². The van der Waals surface area contributed by atoms with Gasteiger partial charge in [-0.1, -0.05) is 20.8 Å². The van der Waals surface area contributed by atoms with E-state index in [2.05, 4.69) is 34.6 Å². The Balaban J connectivity index is 1.49. The number of nitrogens with two attached hydrogens (primary N) is 1. The lowest BCUT2D eigenvalue weighted by Gasteiger charge is -2.52. The standard InChI is InChI=1S/C24H46NO9P/c1-8-20(2,3)33-24(7)12-22(24,5)14-31-19-16(25)18(27)17(26)15(32-19)9-30-13-21(4)10-23(6,11-21)34-35(28)29/h15-19,26-29H,8-14,25H2,1-7H3. The van der Waals surface area contributed by atoms with Crippen LogP contribution in [0.25, 0.3) is 0 Å². The zero-order valence-electron chi connectivity index (χ0n) is 22.2. The average Bonchev–Trinajstić information content (AvgIpc) is 3.24. The first-order valence-corrected chi connectivity index (χ1v) is 13.7. The fourth-order valence-electron chi connectivity index (χ4n) is 5.79. The molecule has 0 radical (unpaired) electrons. The highest BCUT2D eigenvalue weighted by Gasteiger charge is 2.64. The molecule has 2 saturated carbocycles. The zero-order valence-corrected chi connectivity index (χ0v) is 23.1. The quantitative estimate of drug-likeness (QED) is 0.240. The molecule has 206 valence electrons. The van der Waals surface area contributed by atoms with Crippen molar-refractivity contribution in [1.29, 1.82) is 0 Å². The first kappa shape index (κ1) is 29.6. The fourth-order valence-corrected chi connectivity index (χ4v) is 6.31. The fraction of sp³-hybridized carbons (Fsp3) is 1.00. The van der Waals surface area contributed by atoms with Crippen molar-refractivity contribution in [2.45, 2.75) is 122 Å². The van der Waals surface area contributed by atoms with E-state index in [1.807, 2.05) is 13.8 Å². The second kappa shape index (κ2) is 10.3. The molecule has 2 aliphatic carbocycles. The number of rotatable bonds is 12. The lowest BCUT2D eigenvalue weighted by Crippen LogP contribution is -2.63. The molecule has 0 spiro atoms. The summed E-state index contributed by atoms with van der Waals surface area (Å²) in [5.74, 6) is 0. The Morgan fingerprint density at radius 1 is 1.03 bits per heavy atom. The lowest BCUT2D eigenvalue weighted by molar-refractivity contribution is -0.275. The zero-order chi connectivity index (χ0) is 26.4. The summed E-state index contributed by atoms with van der Waals surface area (Å²) in [5, 5.41) is 21.0. The molecule has 7 unspecified atom stereocenters. The van der Waals surface area contributed by atoms with Crippen molar-refractivity contribution in [1.82, 2.24) is 0 Å². The van der Waals surface area contributed by atoms with E-state index in [1.54, 1.807) is 0 Å². The van der Waals surface area contributed by atoms with Gasteiger partial charge in [0.2, 0.25) is 0 Å². The molecule has 3 aliphatic rings. The molecule has 6 N–H and O–H groups in total. The normalized spacial score (nSPS) is 46.0. The molecular formula is C24H46NO9P. The van der Waals surface area contributed by atoms with E-state index in [0.29, 0.717) is 26.1 Å². The van der Waals surface area contributed by atoms with E-state index in [0.717, 1.165) is 12.8 Å². The Morgan fingerprint density at radius 2 is 1.66 bits per heavy atom. The van der Waals surface area contributed by atoms with Gasteiger partial charge in [-0.15, -0.1) is 0 Å². The third-order valence-corrected chi connectivity index (χ3v) is 8.79. The summed E-state index contributed by atoms with van der Waals surface area (Å²) in [5.41, 5.74) is 4.61. The second-order valence-electron chi connectivity index (χ2n) is 12.6. The number of hydrogen-bond acceptors (Lipinski definition) is 10. The van der Waals surface area contributed by atoms with E-state index in [4.69, 9.17) is 39.0 Å². The van der Waals surface area contributed by atoms with Crippen molar-refractivity contribution < 1.29 is 43.5 Å². The van der Waals surface area contributed by atoms with Crippen molar-refractivity contribution in [3.8, 4) is 0 Å². The minimum atomic E-state index is -2.41. The summed E-state index contributed by atoms with van der Waals surface area (Å²) in [6, 6.07) is -0.892. The lowest BCUT2D eigenvalue weighted by atomic mass is 9.61. The number of ether oxygens (including phenoxy) is 4. The van der Waals surface area contributed by atoms with Crippen LogP contribution in [0.15, 0.2) is 0 Å². The first-order chi connectivity index (χ1) is 16.0. The van der Waals surface area contributed by atoms with Crippen LogP contribution in [-0.4, -0.2) is 87.3 Å². The van der Waals surface area contributed by atoms with Crippen molar-refractivity contribution in [2.24, 2.45) is 16.6 Å². The Kier molecular flexibility index (Phi) is 8.71. The van der Waals surface area contributed by atoms with E-state index in [-0.39, 0.29) is 28.6 Å². The molecule has 1 saturated heterocycles. The monoisotopic (exact) mass is 523 g/mol. The van der Waals surface area contributed by atoms with Crippen LogP contribution in [0.1, 0.15) is 74.1 Å². The Labute approximate surface area is 210 Å². The van der Waals surface area contributed by atoms with Crippen molar-refractivity contribution >= 4 is 8.60 Å². The molecule has 35 heavy (non-hydrogen) atoms. The molecule has 7 atom stereocenters. The maximum Gasteiger partial charge on any atom is 0.327 e. The minimum absolute atomic E-state index is 0.0630. The molecule has 10 nitrogen and oxygen atoms in total. The van der Waals surface area contributed by atoms with Gasteiger partial charge in [0.15, 0.2) is 6.29 Å². The highest BCUT2D eigenvalue weighted by atomic mass is 31.2. The molecule has 11 heteroatoms. The molecule has 0 aromatic rings. The van der Waals surface area contributed by atoms with E-state index < -0.39 is 44.8 Å². The summed E-state index contributed by atoms with van der Waals surface area (Å²) < 4.78 is 29.4. The van der Waals surface area contributed by atoms with E-state index in [9.17, 15) is 10.2 Å². The van der Waals surface area contributed by atoms with Gasteiger partial charge in [-0.3, -0.25) is 0 Å². The van der Waals surface area contributed by atoms with Crippen LogP contribution < -0.4 is 5.73 Å². The molecule has 0 bridgehead atoms. The summed E-state index contributed by atoms with van der Waals surface area (Å²) in [6.45, 7) is 15.1. The molecule has 1 heterocycles. The van der Waals surface area contributed by atoms with Crippen LogP contribution in [0.4, 0.5) is 0 Å². The van der Waals surface area contributed by atoms with Gasteiger partial charge in [-0.05, 0) is 58.8 Å². The Hall–Kier alpha value is 0.0300. The van der Waals surface area contributed by atoms with Gasteiger partial charge in [0.05, 0.1) is 42.7 Å². The van der Waals surface area contributed by atoms with Gasteiger partial charge >= 0.3 is 8.60 Å². The molecule has 3 rings (SSSR count). The number of hydrogen-bond donors (Lipinski definition) is 5. The van der Waals surface area contributed by atoms with Crippen LogP contribution in [-0.2, 0) is 23.5 Å². The smallest absolute Gasteiger partial charge is 0.327 e. The molecule has 0 aromatic heterocycles. The maximum atomic E-state index is 10.5. The summed E-state index contributed by atoms with van der Waals surface area (Å²) in [7, 11) is -2.41. The Morgan fingerprint density at radius 3 is 2.23 bits per heavy atom. The molecule has 3 fully saturated rings. The third-order valence-electron chi connectivity index (χ3n) is 8.18. The van der Waals surface area contributed by atoms with E-state index in [1.165, 1.54) is 0 Å². The van der Waals surface area contributed by atoms with Gasteiger partial charge in [-0.25, -0.2) is 0 Å². The molecule has 0 aromatic carbocycles. The van der Waals surface area contributed by atoms with Gasteiger partial charge in [0, 0.05) is 5.41 Å². The first-order valence-electron chi connectivity index (χ1n) is 12.5. The highest BCUT2D eigenvalue weighted by molar-refractivity contribution is 7.39. The number of aliphatic hydroxyl groups is 2. The van der Waals surface area contributed by atoms with Crippen LogP contribution in [0.3, 0.4) is 0 Å². The second-order valence-corrected chi connectivity index (χ2v) is 13.3. The van der Waals surface area contributed by atoms with Crippen LogP contribution in [0.5, 0.6) is 0 Å². The predicted molar refractivity (Wildman–Crippen MR) is 130 cm³/mol. The van der Waals surface area contributed by atoms with Crippen molar-refractivity contribution in [3.63, 3.8) is 0 Å². The third kappa shape index (κ3) is 6.73. The van der Waals surface area contributed by atoms with Crippen LogP contribution in [0.2, 0.25) is 0 Å². The number of aliphatic hydroxyl groups excluding tert-OH is 2. The van der Waals surface area contributed by atoms with Gasteiger partial charge in [-0.2, -0.15) is 0 Å². The topological polar surface area (TPSA) is 153 Å². The Bertz CT molecular complexity index is 734. The molecular weight excluding hydrogens is 477 g/mol. The van der Waals surface area contributed by atoms with E-state index >= 15 is 0 Å². The highest BCUT2D eigenvalue weighted by Crippen LogP contribution is 2.60. The molecule has 0 amide bonds. The minimum Gasteiger partial charge on any atom is -0.388 e. The molecule has 1 aliphatic heterocycles. The average molecular weight is 524 g/mol. The summed E-state index contributed by atoms with van der Waals surface area (Å²) in [6.07, 6.45) is -1.11. The summed E-state index contributed by atoms with van der Waals surface area (Å²) >= 11 is 0. The predicted octanol–water partition coefficient (Wildman–Crippen LogP) is 1.95. The van der Waals surface area contributed by atoms with Crippen molar-refractivity contribution in [2.75, 3.05) is 19.8 Å². The summed E-state index contributed by atoms with van der Waals surface area (Å²) in [4.78, 5) is 18.3. The van der Waals surface area contributed by atoms with Crippen LogP contribution >= 0.6 is 8.60 Å². The van der Waals surface area contributed by atoms with Gasteiger partial charge in [0.25, 0.3) is 0 Å². The maximum absolute atomic E-state index is 10.5. The van der Waals surface area contributed by atoms with Gasteiger partial charge < -0.3 is 49.2 Å². The van der Waals surface area contributed by atoms with Crippen molar-refractivity contribution in [3.05, 3.63) is 0 Å². The SMILES string of the molecule is CCC(C)(C)OC1(C)CC1(C)COC1OC(COCC2(C)CC(C)(OP(O)O)C2)C(O)C(O)C1N. The van der Waals surface area contributed by atoms with Crippen LogP contribution in [0, 0.1) is 10.8 Å².